The lowest BCUT2D eigenvalue weighted by atomic mass is 9.72. The van der Waals surface area contributed by atoms with E-state index in [0.717, 1.165) is 25.7 Å². The highest BCUT2D eigenvalue weighted by atomic mass is 16.6. The lowest BCUT2D eigenvalue weighted by molar-refractivity contribution is -0.147. The summed E-state index contributed by atoms with van der Waals surface area (Å²) in [6.45, 7) is 11.7. The molecular formula is C25H42O4. The molecule has 4 heteroatoms. The van der Waals surface area contributed by atoms with Crippen molar-refractivity contribution in [2.24, 2.45) is 17.3 Å². The van der Waals surface area contributed by atoms with E-state index in [-0.39, 0.29) is 29.2 Å². The monoisotopic (exact) mass is 406 g/mol. The number of carbonyl (C=O) groups is 2. The maximum absolute atomic E-state index is 12.3. The molecule has 0 saturated heterocycles. The van der Waals surface area contributed by atoms with Crippen molar-refractivity contribution >= 4 is 11.9 Å². The lowest BCUT2D eigenvalue weighted by Crippen LogP contribution is -2.26. The second-order valence-corrected chi connectivity index (χ2v) is 9.08. The molecule has 0 heterocycles. The number of hydrogen-bond acceptors (Lipinski definition) is 4. The van der Waals surface area contributed by atoms with Gasteiger partial charge in [-0.2, -0.15) is 0 Å². The third-order valence-corrected chi connectivity index (χ3v) is 5.56. The van der Waals surface area contributed by atoms with Crippen molar-refractivity contribution in [1.29, 1.82) is 0 Å². The van der Waals surface area contributed by atoms with E-state index in [1.165, 1.54) is 32.1 Å². The first-order valence-electron chi connectivity index (χ1n) is 11.6. The van der Waals surface area contributed by atoms with Crippen molar-refractivity contribution in [3.05, 3.63) is 23.7 Å². The van der Waals surface area contributed by atoms with E-state index in [1.807, 2.05) is 19.9 Å². The van der Waals surface area contributed by atoms with Crippen LogP contribution in [0.15, 0.2) is 23.7 Å². The van der Waals surface area contributed by atoms with E-state index in [9.17, 15) is 9.59 Å². The standard InChI is InChI=1S/C25H42O4/c1-7-9-11-13-16-25(15-12-10-8-2)17-14-21(28-23(26)19(3)4)22(18-25)29-24(27)20(5)6/h14,17,19-20H,7-13,15-16,18H2,1-6H3. The highest BCUT2D eigenvalue weighted by molar-refractivity contribution is 5.74. The number of hydrogen-bond donors (Lipinski definition) is 0. The minimum absolute atomic E-state index is 0.0246. The number of esters is 2. The summed E-state index contributed by atoms with van der Waals surface area (Å²) in [4.78, 5) is 24.5. The zero-order valence-corrected chi connectivity index (χ0v) is 19.5. The molecular weight excluding hydrogens is 364 g/mol. The summed E-state index contributed by atoms with van der Waals surface area (Å²) in [5, 5.41) is 0. The normalized spacial score (nSPS) is 19.2. The van der Waals surface area contributed by atoms with Gasteiger partial charge in [-0.05, 0) is 24.3 Å². The minimum atomic E-state index is -0.302. The van der Waals surface area contributed by atoms with E-state index in [4.69, 9.17) is 9.47 Å². The Kier molecular flexibility index (Phi) is 11.3. The minimum Gasteiger partial charge on any atom is -0.427 e. The molecule has 0 amide bonds. The van der Waals surface area contributed by atoms with Gasteiger partial charge in [-0.15, -0.1) is 0 Å². The Hall–Kier alpha value is -1.58. The van der Waals surface area contributed by atoms with Crippen molar-refractivity contribution in [3.8, 4) is 0 Å². The summed E-state index contributed by atoms with van der Waals surface area (Å²) < 4.78 is 11.3. The topological polar surface area (TPSA) is 52.6 Å². The van der Waals surface area contributed by atoms with Crippen LogP contribution in [0.25, 0.3) is 0 Å². The lowest BCUT2D eigenvalue weighted by Gasteiger charge is -2.35. The van der Waals surface area contributed by atoms with Gasteiger partial charge in [0.05, 0.1) is 11.8 Å². The molecule has 0 bridgehead atoms. The van der Waals surface area contributed by atoms with Crippen LogP contribution in [0.1, 0.15) is 106 Å². The fourth-order valence-electron chi connectivity index (χ4n) is 3.55. The van der Waals surface area contributed by atoms with Crippen LogP contribution in [0, 0.1) is 17.3 Å². The maximum Gasteiger partial charge on any atom is 0.313 e. The van der Waals surface area contributed by atoms with E-state index < -0.39 is 0 Å². The van der Waals surface area contributed by atoms with E-state index in [1.54, 1.807) is 13.8 Å². The van der Waals surface area contributed by atoms with Crippen LogP contribution in [-0.4, -0.2) is 11.9 Å². The van der Waals surface area contributed by atoms with Gasteiger partial charge in [-0.25, -0.2) is 0 Å². The fourth-order valence-corrected chi connectivity index (χ4v) is 3.55. The number of ether oxygens (including phenoxy) is 2. The number of carbonyl (C=O) groups excluding carboxylic acids is 2. The largest absolute Gasteiger partial charge is 0.427 e. The number of unbranched alkanes of at least 4 members (excludes halogenated alkanes) is 5. The van der Waals surface area contributed by atoms with Crippen molar-refractivity contribution in [3.63, 3.8) is 0 Å². The van der Waals surface area contributed by atoms with Gasteiger partial charge in [0, 0.05) is 6.42 Å². The molecule has 0 spiro atoms. The summed E-state index contributed by atoms with van der Waals surface area (Å²) in [6, 6.07) is 0. The Balaban J connectivity index is 3.08. The first kappa shape index (κ1) is 25.5. The van der Waals surface area contributed by atoms with Crippen LogP contribution in [0.2, 0.25) is 0 Å². The zero-order chi connectivity index (χ0) is 21.9. The molecule has 0 N–H and O–H groups in total. The van der Waals surface area contributed by atoms with Crippen LogP contribution in [0.3, 0.4) is 0 Å². The van der Waals surface area contributed by atoms with Crippen molar-refractivity contribution in [2.75, 3.05) is 0 Å². The molecule has 1 aliphatic carbocycles. The Bertz CT molecular complexity index is 586. The molecule has 0 radical (unpaired) electrons. The molecule has 1 atom stereocenters. The van der Waals surface area contributed by atoms with E-state index in [2.05, 4.69) is 19.9 Å². The van der Waals surface area contributed by atoms with Gasteiger partial charge in [0.1, 0.15) is 0 Å². The molecule has 29 heavy (non-hydrogen) atoms. The Morgan fingerprint density at radius 3 is 1.93 bits per heavy atom. The first-order valence-corrected chi connectivity index (χ1v) is 11.6. The molecule has 166 valence electrons. The second-order valence-electron chi connectivity index (χ2n) is 9.08. The molecule has 0 fully saturated rings. The molecule has 1 aliphatic rings. The van der Waals surface area contributed by atoms with E-state index in [0.29, 0.717) is 17.9 Å². The molecule has 0 aromatic rings. The van der Waals surface area contributed by atoms with Crippen LogP contribution < -0.4 is 0 Å². The Morgan fingerprint density at radius 1 is 0.862 bits per heavy atom. The fraction of sp³-hybridized carbons (Fsp3) is 0.760. The summed E-state index contributed by atoms with van der Waals surface area (Å²) >= 11 is 0. The maximum atomic E-state index is 12.3. The SMILES string of the molecule is CCCCCCC1(CCCCC)C=CC(OC(=O)C(C)C)=C(OC(=O)C(C)C)C1. The third-order valence-electron chi connectivity index (χ3n) is 5.56. The van der Waals surface area contributed by atoms with Gasteiger partial charge in [0.2, 0.25) is 0 Å². The Morgan fingerprint density at radius 2 is 1.38 bits per heavy atom. The smallest absolute Gasteiger partial charge is 0.313 e. The molecule has 0 aromatic carbocycles. The number of allylic oxidation sites excluding steroid dienone is 3. The average molecular weight is 407 g/mol. The van der Waals surface area contributed by atoms with E-state index >= 15 is 0 Å². The summed E-state index contributed by atoms with van der Waals surface area (Å²) in [7, 11) is 0. The number of rotatable bonds is 13. The molecule has 0 aromatic heterocycles. The predicted octanol–water partition coefficient (Wildman–Crippen LogP) is 7.09. The van der Waals surface area contributed by atoms with Crippen LogP contribution in [-0.2, 0) is 19.1 Å². The predicted molar refractivity (Wildman–Crippen MR) is 118 cm³/mol. The molecule has 1 unspecified atom stereocenters. The second kappa shape index (κ2) is 12.9. The zero-order valence-electron chi connectivity index (χ0n) is 19.5. The van der Waals surface area contributed by atoms with Gasteiger partial charge >= 0.3 is 11.9 Å². The first-order chi connectivity index (χ1) is 13.7. The van der Waals surface area contributed by atoms with Gasteiger partial charge in [-0.3, -0.25) is 9.59 Å². The van der Waals surface area contributed by atoms with Crippen LogP contribution >= 0.6 is 0 Å². The van der Waals surface area contributed by atoms with Crippen molar-refractivity contribution in [1.82, 2.24) is 0 Å². The van der Waals surface area contributed by atoms with Gasteiger partial charge in [-0.1, -0.05) is 92.6 Å². The van der Waals surface area contributed by atoms with Gasteiger partial charge in [0.15, 0.2) is 11.5 Å². The van der Waals surface area contributed by atoms with Crippen LogP contribution in [0.4, 0.5) is 0 Å². The Labute approximate surface area is 178 Å². The average Bonchev–Trinajstić information content (AvgIpc) is 2.67. The quantitative estimate of drug-likeness (QED) is 0.242. The van der Waals surface area contributed by atoms with Crippen molar-refractivity contribution in [2.45, 2.75) is 106 Å². The molecule has 1 rings (SSSR count). The third kappa shape index (κ3) is 8.76. The van der Waals surface area contributed by atoms with Crippen LogP contribution in [0.5, 0.6) is 0 Å². The molecule has 0 aliphatic heterocycles. The summed E-state index contributed by atoms with van der Waals surface area (Å²) in [5.41, 5.74) is -0.0246. The molecule has 0 saturated carbocycles. The summed E-state index contributed by atoms with van der Waals surface area (Å²) in [6.07, 6.45) is 15.2. The van der Waals surface area contributed by atoms with Gasteiger partial charge < -0.3 is 9.47 Å². The summed E-state index contributed by atoms with van der Waals surface area (Å²) in [5.74, 6) is -0.117. The molecule has 4 nitrogen and oxygen atoms in total. The highest BCUT2D eigenvalue weighted by Gasteiger charge is 2.34. The highest BCUT2D eigenvalue weighted by Crippen LogP contribution is 2.44. The van der Waals surface area contributed by atoms with Gasteiger partial charge in [0.25, 0.3) is 0 Å². The van der Waals surface area contributed by atoms with Crippen molar-refractivity contribution < 1.29 is 19.1 Å².